The van der Waals surface area contributed by atoms with Gasteiger partial charge < -0.3 is 10.2 Å². The number of rotatable bonds is 1. The molecule has 5 rings (SSSR count). The van der Waals surface area contributed by atoms with Crippen molar-refractivity contribution < 1.29 is 19.8 Å². The lowest BCUT2D eigenvalue weighted by Crippen LogP contribution is -2.67. The summed E-state index contributed by atoms with van der Waals surface area (Å²) in [6.07, 6.45) is 11.3. The zero-order valence-corrected chi connectivity index (χ0v) is 22.5. The van der Waals surface area contributed by atoms with Gasteiger partial charge in [-0.1, -0.05) is 41.5 Å². The Labute approximate surface area is 206 Å². The van der Waals surface area contributed by atoms with Gasteiger partial charge in [0.2, 0.25) is 0 Å². The number of carboxylic acids is 1. The molecular weight excluding hydrogens is 424 g/mol. The molecule has 5 aliphatic carbocycles. The Bertz CT molecular complexity index is 969. The molecule has 0 radical (unpaired) electrons. The molecule has 0 heterocycles. The van der Waals surface area contributed by atoms with E-state index in [2.05, 4.69) is 34.6 Å². The van der Waals surface area contributed by atoms with Crippen LogP contribution in [0.1, 0.15) is 106 Å². The maximum absolute atomic E-state index is 12.7. The zero-order valence-electron chi connectivity index (χ0n) is 22.5. The maximum atomic E-state index is 12.7. The van der Waals surface area contributed by atoms with E-state index in [9.17, 15) is 19.8 Å². The highest BCUT2D eigenvalue weighted by Gasteiger charge is 2.71. The van der Waals surface area contributed by atoms with Crippen LogP contribution in [0.3, 0.4) is 0 Å². The first-order valence-electron chi connectivity index (χ1n) is 13.8. The van der Waals surface area contributed by atoms with Crippen LogP contribution in [-0.4, -0.2) is 22.0 Å². The molecule has 0 aromatic heterocycles. The number of hydrogen-bond acceptors (Lipinski definition) is 3. The minimum absolute atomic E-state index is 0.0175. The number of Topliss-reactive ketones (excluding diaryl/α,β-unsaturated/α-hetero) is 1. The van der Waals surface area contributed by atoms with Crippen LogP contribution < -0.4 is 0 Å². The second-order valence-corrected chi connectivity index (χ2v) is 14.8. The molecule has 10 unspecified atom stereocenters. The second-order valence-electron chi connectivity index (χ2n) is 14.8. The number of ketones is 1. The lowest BCUT2D eigenvalue weighted by atomic mass is 9.30. The number of aliphatic hydroxyl groups is 1. The van der Waals surface area contributed by atoms with Gasteiger partial charge in [-0.25, -0.2) is 0 Å². The van der Waals surface area contributed by atoms with Crippen LogP contribution in [-0.2, 0) is 9.59 Å². The average Bonchev–Trinajstić information content (AvgIpc) is 2.77. The summed E-state index contributed by atoms with van der Waals surface area (Å²) >= 11 is 0. The van der Waals surface area contributed by atoms with Crippen LogP contribution in [0.5, 0.6) is 0 Å². The van der Waals surface area contributed by atoms with Crippen molar-refractivity contribution in [3.05, 3.63) is 11.8 Å². The van der Waals surface area contributed by atoms with Gasteiger partial charge in [0.1, 0.15) is 0 Å². The molecule has 0 amide bonds. The highest BCUT2D eigenvalue weighted by Crippen LogP contribution is 2.78. The largest absolute Gasteiger partial charge is 0.505 e. The highest BCUT2D eigenvalue weighted by atomic mass is 16.4. The highest BCUT2D eigenvalue weighted by molar-refractivity contribution is 5.96. The number of fused-ring (bicyclic) bond motifs is 7. The van der Waals surface area contributed by atoms with E-state index in [0.717, 1.165) is 44.9 Å². The third kappa shape index (κ3) is 2.72. The van der Waals surface area contributed by atoms with Crippen LogP contribution in [0.4, 0.5) is 0 Å². The molecule has 4 heteroatoms. The summed E-state index contributed by atoms with van der Waals surface area (Å²) in [6.45, 7) is 16.2. The third-order valence-electron chi connectivity index (χ3n) is 13.6. The van der Waals surface area contributed by atoms with E-state index in [4.69, 9.17) is 0 Å². The Morgan fingerprint density at radius 2 is 1.44 bits per heavy atom. The third-order valence-corrected chi connectivity index (χ3v) is 13.6. The van der Waals surface area contributed by atoms with Crippen molar-refractivity contribution in [1.29, 1.82) is 0 Å². The number of carboxylic acid groups (broad SMARTS) is 1. The van der Waals surface area contributed by atoms with E-state index in [1.54, 1.807) is 0 Å². The first-order valence-corrected chi connectivity index (χ1v) is 13.8. The first-order chi connectivity index (χ1) is 15.6. The molecule has 0 saturated heterocycles. The lowest BCUT2D eigenvalue weighted by molar-refractivity contribution is -0.249. The van der Waals surface area contributed by atoms with Crippen LogP contribution in [0.2, 0.25) is 0 Å². The summed E-state index contributed by atoms with van der Waals surface area (Å²) < 4.78 is 0. The normalized spacial score (nSPS) is 56.9. The second kappa shape index (κ2) is 6.91. The Hall–Kier alpha value is -1.32. The number of allylic oxidation sites excluding steroid dienone is 2. The van der Waals surface area contributed by atoms with Crippen LogP contribution in [0.15, 0.2) is 11.8 Å². The van der Waals surface area contributed by atoms with Gasteiger partial charge in [0.25, 0.3) is 0 Å². The minimum Gasteiger partial charge on any atom is -0.505 e. The van der Waals surface area contributed by atoms with Crippen LogP contribution >= 0.6 is 0 Å². The summed E-state index contributed by atoms with van der Waals surface area (Å²) in [5.74, 6) is 0.266. The molecular formula is C30H46O4. The Morgan fingerprint density at radius 3 is 2.09 bits per heavy atom. The van der Waals surface area contributed by atoms with E-state index in [-0.39, 0.29) is 50.5 Å². The van der Waals surface area contributed by atoms with Crippen LogP contribution in [0.25, 0.3) is 0 Å². The number of carbonyl (C=O) groups excluding carboxylic acids is 1. The van der Waals surface area contributed by atoms with Gasteiger partial charge in [-0.2, -0.15) is 0 Å². The van der Waals surface area contributed by atoms with Crippen molar-refractivity contribution in [2.45, 2.75) is 106 Å². The van der Waals surface area contributed by atoms with Gasteiger partial charge in [0.05, 0.1) is 5.41 Å². The molecule has 0 bridgehead atoms. The SMILES string of the molecule is CC1C(=O)C(O)=CC2C1(C)CCC1C2(C)CCC2(C)C3CC(C)(C(=O)O)CCC3(C)CCC12C. The Morgan fingerprint density at radius 1 is 0.853 bits per heavy atom. The molecule has 4 nitrogen and oxygen atoms in total. The fraction of sp³-hybridized carbons (Fsp3) is 0.867. The van der Waals surface area contributed by atoms with Crippen molar-refractivity contribution in [2.24, 2.45) is 56.2 Å². The topological polar surface area (TPSA) is 74.6 Å². The van der Waals surface area contributed by atoms with E-state index >= 15 is 0 Å². The van der Waals surface area contributed by atoms with Gasteiger partial charge >= 0.3 is 5.97 Å². The van der Waals surface area contributed by atoms with Gasteiger partial charge in [-0.15, -0.1) is 0 Å². The molecule has 0 aromatic carbocycles. The molecule has 2 N–H and O–H groups in total. The summed E-state index contributed by atoms with van der Waals surface area (Å²) in [5, 5.41) is 20.7. The zero-order chi connectivity index (χ0) is 25.1. The summed E-state index contributed by atoms with van der Waals surface area (Å²) in [4.78, 5) is 25.0. The maximum Gasteiger partial charge on any atom is 0.309 e. The monoisotopic (exact) mass is 470 g/mol. The quantitative estimate of drug-likeness (QED) is 0.425. The molecule has 10 atom stereocenters. The van der Waals surface area contributed by atoms with Crippen molar-refractivity contribution in [3.8, 4) is 0 Å². The molecule has 5 aliphatic rings. The van der Waals surface area contributed by atoms with Gasteiger partial charge in [0, 0.05) is 5.92 Å². The number of carbonyl (C=O) groups is 2. The minimum atomic E-state index is -0.624. The van der Waals surface area contributed by atoms with E-state index in [1.807, 2.05) is 19.9 Å². The van der Waals surface area contributed by atoms with E-state index in [0.29, 0.717) is 11.8 Å². The fourth-order valence-electron chi connectivity index (χ4n) is 10.7. The van der Waals surface area contributed by atoms with Gasteiger partial charge in [-0.3, -0.25) is 9.59 Å². The molecule has 0 aliphatic heterocycles. The molecule has 0 aromatic rings. The summed E-state index contributed by atoms with van der Waals surface area (Å²) in [7, 11) is 0. The number of aliphatic hydroxyl groups excluding tert-OH is 1. The molecule has 4 saturated carbocycles. The van der Waals surface area contributed by atoms with Gasteiger partial charge in [0.15, 0.2) is 11.5 Å². The lowest BCUT2D eigenvalue weighted by Gasteiger charge is -2.74. The van der Waals surface area contributed by atoms with Crippen molar-refractivity contribution >= 4 is 11.8 Å². The van der Waals surface area contributed by atoms with Crippen molar-refractivity contribution in [3.63, 3.8) is 0 Å². The molecule has 0 spiro atoms. The average molecular weight is 471 g/mol. The Kier molecular flexibility index (Phi) is 4.96. The van der Waals surface area contributed by atoms with Crippen molar-refractivity contribution in [1.82, 2.24) is 0 Å². The van der Waals surface area contributed by atoms with E-state index < -0.39 is 11.4 Å². The summed E-state index contributed by atoms with van der Waals surface area (Å²) in [6, 6.07) is 0. The van der Waals surface area contributed by atoms with E-state index in [1.165, 1.54) is 12.8 Å². The smallest absolute Gasteiger partial charge is 0.309 e. The van der Waals surface area contributed by atoms with Gasteiger partial charge in [-0.05, 0) is 116 Å². The van der Waals surface area contributed by atoms with Crippen molar-refractivity contribution in [2.75, 3.05) is 0 Å². The molecule has 190 valence electrons. The molecule has 34 heavy (non-hydrogen) atoms. The molecule has 4 fully saturated rings. The first kappa shape index (κ1) is 24.4. The number of aliphatic carboxylic acids is 1. The predicted molar refractivity (Wildman–Crippen MR) is 133 cm³/mol. The number of hydrogen-bond donors (Lipinski definition) is 2. The Balaban J connectivity index is 1.58. The summed E-state index contributed by atoms with van der Waals surface area (Å²) in [5.41, 5.74) is -0.209. The fourth-order valence-corrected chi connectivity index (χ4v) is 10.7. The standard InChI is InChI=1S/C30H46O4/c1-18-23(32)19(31)16-21-27(18,4)9-8-20-28(21,5)13-15-30(7)22-17-26(3,24(33)34)11-10-25(22,2)12-14-29(20,30)6/h16,18,20-22,31H,8-15,17H2,1-7H3,(H,33,34). The predicted octanol–water partition coefficient (Wildman–Crippen LogP) is 7.18. The van der Waals surface area contributed by atoms with Crippen LogP contribution in [0, 0.1) is 56.2 Å².